The quantitative estimate of drug-likeness (QED) is 0.773. The molecule has 0 aliphatic carbocycles. The van der Waals surface area contributed by atoms with E-state index >= 15 is 0 Å². The molecular formula is C17H15ClN4O2. The summed E-state index contributed by atoms with van der Waals surface area (Å²) < 4.78 is 1.29. The van der Waals surface area contributed by atoms with Crippen molar-refractivity contribution in [1.29, 1.82) is 0 Å². The van der Waals surface area contributed by atoms with Crippen LogP contribution in [0.2, 0.25) is 5.02 Å². The number of rotatable bonds is 5. The number of benzene rings is 1. The Balaban J connectivity index is 1.56. The lowest BCUT2D eigenvalue weighted by Crippen LogP contribution is -2.24. The highest BCUT2D eigenvalue weighted by Crippen LogP contribution is 2.19. The van der Waals surface area contributed by atoms with Gasteiger partial charge >= 0.3 is 0 Å². The zero-order valence-electron chi connectivity index (χ0n) is 12.8. The van der Waals surface area contributed by atoms with Crippen molar-refractivity contribution in [2.75, 3.05) is 0 Å². The monoisotopic (exact) mass is 342 g/mol. The number of pyridine rings is 1. The minimum absolute atomic E-state index is 0.0716. The molecule has 24 heavy (non-hydrogen) atoms. The Morgan fingerprint density at radius 3 is 2.83 bits per heavy atom. The van der Waals surface area contributed by atoms with Gasteiger partial charge in [0.2, 0.25) is 11.8 Å². The van der Waals surface area contributed by atoms with Crippen LogP contribution >= 0.6 is 11.6 Å². The van der Waals surface area contributed by atoms with E-state index in [2.05, 4.69) is 15.4 Å². The van der Waals surface area contributed by atoms with Gasteiger partial charge in [-0.2, -0.15) is 5.10 Å². The van der Waals surface area contributed by atoms with Crippen LogP contribution in [0.25, 0.3) is 10.9 Å². The molecule has 0 fully saturated rings. The molecule has 3 aromatic rings. The smallest absolute Gasteiger partial charge is 0.247 e. The standard InChI is InChI=1S/C17H15ClN4O2/c18-14-4-3-13-11-21-22(15(13)8-14)17(24)6-5-16(23)20-10-12-2-1-7-19-9-12/h1-4,7-9,11H,5-6,10H2,(H,20,23). The maximum Gasteiger partial charge on any atom is 0.247 e. The topological polar surface area (TPSA) is 76.9 Å². The summed E-state index contributed by atoms with van der Waals surface area (Å²) in [6, 6.07) is 8.91. The third-order valence-electron chi connectivity index (χ3n) is 3.55. The lowest BCUT2D eigenvalue weighted by atomic mass is 10.2. The molecule has 1 amide bonds. The third-order valence-corrected chi connectivity index (χ3v) is 3.78. The zero-order chi connectivity index (χ0) is 16.9. The van der Waals surface area contributed by atoms with Gasteiger partial charge in [0.05, 0.1) is 11.7 Å². The molecule has 0 unspecified atom stereocenters. The molecule has 0 atom stereocenters. The van der Waals surface area contributed by atoms with Gasteiger partial charge in [-0.3, -0.25) is 14.6 Å². The molecule has 1 aromatic carbocycles. The maximum absolute atomic E-state index is 12.3. The van der Waals surface area contributed by atoms with E-state index < -0.39 is 0 Å². The molecule has 0 aliphatic heterocycles. The molecule has 0 bridgehead atoms. The number of hydrogen-bond acceptors (Lipinski definition) is 4. The number of halogens is 1. The minimum atomic E-state index is -0.246. The predicted octanol–water partition coefficient (Wildman–Crippen LogP) is 2.82. The molecule has 0 saturated heterocycles. The van der Waals surface area contributed by atoms with E-state index in [1.165, 1.54) is 4.68 Å². The summed E-state index contributed by atoms with van der Waals surface area (Å²) in [6.45, 7) is 0.390. The molecule has 2 heterocycles. The van der Waals surface area contributed by atoms with Crippen molar-refractivity contribution in [3.63, 3.8) is 0 Å². The first-order chi connectivity index (χ1) is 11.6. The summed E-state index contributed by atoms with van der Waals surface area (Å²) in [6.07, 6.45) is 5.13. The summed E-state index contributed by atoms with van der Waals surface area (Å²) in [4.78, 5) is 28.1. The first-order valence-corrected chi connectivity index (χ1v) is 7.83. The average molecular weight is 343 g/mol. The van der Waals surface area contributed by atoms with Gasteiger partial charge in [-0.25, -0.2) is 4.68 Å². The first-order valence-electron chi connectivity index (χ1n) is 7.45. The molecule has 7 heteroatoms. The van der Waals surface area contributed by atoms with E-state index in [-0.39, 0.29) is 24.7 Å². The largest absolute Gasteiger partial charge is 0.352 e. The Hall–Kier alpha value is -2.73. The van der Waals surface area contributed by atoms with E-state index in [0.29, 0.717) is 17.1 Å². The van der Waals surface area contributed by atoms with Gasteiger partial charge in [0, 0.05) is 42.2 Å². The van der Waals surface area contributed by atoms with Crippen molar-refractivity contribution in [3.05, 3.63) is 59.5 Å². The fourth-order valence-electron chi connectivity index (χ4n) is 2.31. The molecule has 122 valence electrons. The van der Waals surface area contributed by atoms with Gasteiger partial charge < -0.3 is 5.32 Å². The molecule has 0 aliphatic rings. The number of nitrogens with zero attached hydrogens (tertiary/aromatic N) is 3. The molecule has 3 rings (SSSR count). The second-order valence-corrected chi connectivity index (χ2v) is 5.73. The van der Waals surface area contributed by atoms with Crippen LogP contribution in [-0.4, -0.2) is 26.6 Å². The Morgan fingerprint density at radius 2 is 2.04 bits per heavy atom. The van der Waals surface area contributed by atoms with Gasteiger partial charge in [-0.15, -0.1) is 0 Å². The van der Waals surface area contributed by atoms with E-state index in [1.807, 2.05) is 6.07 Å². The summed E-state index contributed by atoms with van der Waals surface area (Å²) in [5.41, 5.74) is 1.55. The number of nitrogens with one attached hydrogen (secondary N) is 1. The van der Waals surface area contributed by atoms with Gasteiger partial charge in [-0.1, -0.05) is 17.7 Å². The third kappa shape index (κ3) is 3.78. The van der Waals surface area contributed by atoms with Crippen molar-refractivity contribution in [1.82, 2.24) is 20.1 Å². The highest BCUT2D eigenvalue weighted by molar-refractivity contribution is 6.31. The molecule has 0 radical (unpaired) electrons. The highest BCUT2D eigenvalue weighted by Gasteiger charge is 2.13. The van der Waals surface area contributed by atoms with Crippen LogP contribution < -0.4 is 5.32 Å². The van der Waals surface area contributed by atoms with Crippen LogP contribution in [0.4, 0.5) is 0 Å². The number of fused-ring (bicyclic) bond motifs is 1. The van der Waals surface area contributed by atoms with Gasteiger partial charge in [-0.05, 0) is 29.8 Å². The van der Waals surface area contributed by atoms with Gasteiger partial charge in [0.15, 0.2) is 0 Å². The lowest BCUT2D eigenvalue weighted by Gasteiger charge is -2.05. The normalized spacial score (nSPS) is 10.7. The van der Waals surface area contributed by atoms with Crippen molar-refractivity contribution in [2.24, 2.45) is 0 Å². The van der Waals surface area contributed by atoms with Crippen molar-refractivity contribution < 1.29 is 9.59 Å². The SMILES string of the molecule is O=C(CCC(=O)n1ncc2ccc(Cl)cc21)NCc1cccnc1. The number of amides is 1. The second-order valence-electron chi connectivity index (χ2n) is 5.29. The summed E-state index contributed by atoms with van der Waals surface area (Å²) >= 11 is 5.96. The van der Waals surface area contributed by atoms with E-state index in [0.717, 1.165) is 10.9 Å². The Kier molecular flexibility index (Phi) is 4.86. The Bertz CT molecular complexity index is 877. The minimum Gasteiger partial charge on any atom is -0.352 e. The van der Waals surface area contributed by atoms with Crippen molar-refractivity contribution in [3.8, 4) is 0 Å². The fraction of sp³-hybridized carbons (Fsp3) is 0.176. The van der Waals surface area contributed by atoms with Crippen LogP contribution in [0.15, 0.2) is 48.9 Å². The molecule has 0 saturated carbocycles. The zero-order valence-corrected chi connectivity index (χ0v) is 13.5. The maximum atomic E-state index is 12.3. The molecule has 2 aromatic heterocycles. The van der Waals surface area contributed by atoms with Gasteiger partial charge in [0.1, 0.15) is 0 Å². The molecule has 6 nitrogen and oxygen atoms in total. The highest BCUT2D eigenvalue weighted by atomic mass is 35.5. The van der Waals surface area contributed by atoms with Crippen LogP contribution in [-0.2, 0) is 11.3 Å². The van der Waals surface area contributed by atoms with E-state index in [1.54, 1.807) is 42.9 Å². The van der Waals surface area contributed by atoms with E-state index in [4.69, 9.17) is 11.6 Å². The molecule has 1 N–H and O–H groups in total. The van der Waals surface area contributed by atoms with Gasteiger partial charge in [0.25, 0.3) is 0 Å². The predicted molar refractivity (Wildman–Crippen MR) is 90.7 cm³/mol. The van der Waals surface area contributed by atoms with E-state index in [9.17, 15) is 9.59 Å². The lowest BCUT2D eigenvalue weighted by molar-refractivity contribution is -0.121. The summed E-state index contributed by atoms with van der Waals surface area (Å²) in [7, 11) is 0. The number of hydrogen-bond donors (Lipinski definition) is 1. The average Bonchev–Trinajstić information content (AvgIpc) is 3.02. The number of carbonyl (C=O) groups excluding carboxylic acids is 2. The summed E-state index contributed by atoms with van der Waals surface area (Å²) in [5.74, 6) is -0.439. The fourth-order valence-corrected chi connectivity index (χ4v) is 2.47. The Morgan fingerprint density at radius 1 is 1.17 bits per heavy atom. The van der Waals surface area contributed by atoms with Crippen molar-refractivity contribution in [2.45, 2.75) is 19.4 Å². The van der Waals surface area contributed by atoms with Crippen molar-refractivity contribution >= 4 is 34.3 Å². The molecular weight excluding hydrogens is 328 g/mol. The molecule has 0 spiro atoms. The summed E-state index contributed by atoms with van der Waals surface area (Å²) in [5, 5.41) is 8.20. The second kappa shape index (κ2) is 7.23. The van der Waals surface area contributed by atoms with Crippen LogP contribution in [0.3, 0.4) is 0 Å². The number of aromatic nitrogens is 3. The Labute approximate surface area is 143 Å². The van der Waals surface area contributed by atoms with Crippen LogP contribution in [0.5, 0.6) is 0 Å². The van der Waals surface area contributed by atoms with Crippen LogP contribution in [0.1, 0.15) is 23.2 Å². The van der Waals surface area contributed by atoms with Crippen LogP contribution in [0, 0.1) is 0 Å². The first kappa shape index (κ1) is 16.1. The number of carbonyl (C=O) groups is 2.